The van der Waals surface area contributed by atoms with Crippen LogP contribution in [0.15, 0.2) is 18.2 Å². The molecular weight excluding hydrogens is 307 g/mol. The molecule has 1 atom stereocenters. The van der Waals surface area contributed by atoms with E-state index < -0.39 is 7.12 Å². The molecule has 0 bridgehead atoms. The Balaban J connectivity index is 1.70. The van der Waals surface area contributed by atoms with Crippen LogP contribution in [-0.4, -0.2) is 47.5 Å². The summed E-state index contributed by atoms with van der Waals surface area (Å²) in [4.78, 5) is 26.4. The predicted molar refractivity (Wildman–Crippen MR) is 91.9 cm³/mol. The van der Waals surface area contributed by atoms with Gasteiger partial charge in [0.05, 0.1) is 5.92 Å². The number of nitrogens with zero attached hydrogens (tertiary/aromatic N) is 1. The predicted octanol–water partition coefficient (Wildman–Crippen LogP) is 0.532. The van der Waals surface area contributed by atoms with Crippen molar-refractivity contribution in [3.63, 3.8) is 0 Å². The summed E-state index contributed by atoms with van der Waals surface area (Å²) >= 11 is 0. The maximum atomic E-state index is 12.5. The average Bonchev–Trinajstić information content (AvgIpc) is 2.90. The van der Waals surface area contributed by atoms with Crippen molar-refractivity contribution < 1.29 is 19.3 Å². The zero-order valence-corrected chi connectivity index (χ0v) is 14.3. The molecule has 3 rings (SSSR count). The molecule has 0 spiro atoms. The first-order chi connectivity index (χ1) is 11.3. The second-order valence-corrected chi connectivity index (χ2v) is 7.45. The fourth-order valence-corrected chi connectivity index (χ4v) is 3.28. The van der Waals surface area contributed by atoms with E-state index in [0.717, 1.165) is 12.0 Å². The van der Waals surface area contributed by atoms with Gasteiger partial charge in [-0.15, -0.1) is 0 Å². The maximum absolute atomic E-state index is 12.5. The molecule has 1 unspecified atom stereocenters. The number of carbonyl (C=O) groups is 2. The molecule has 1 saturated heterocycles. The quantitative estimate of drug-likeness (QED) is 0.776. The van der Waals surface area contributed by atoms with Crippen LogP contribution in [0.1, 0.15) is 32.8 Å². The van der Waals surface area contributed by atoms with Crippen molar-refractivity contribution >= 4 is 30.1 Å². The van der Waals surface area contributed by atoms with E-state index in [4.69, 9.17) is 4.65 Å². The van der Waals surface area contributed by atoms with Gasteiger partial charge in [-0.1, -0.05) is 6.07 Å². The second kappa shape index (κ2) is 6.22. The molecule has 6 nitrogen and oxygen atoms in total. The van der Waals surface area contributed by atoms with Crippen molar-refractivity contribution in [2.24, 2.45) is 5.92 Å². The number of amides is 2. The van der Waals surface area contributed by atoms with Crippen LogP contribution in [0.2, 0.25) is 0 Å². The summed E-state index contributed by atoms with van der Waals surface area (Å²) in [5, 5.41) is 12.8. The van der Waals surface area contributed by atoms with Crippen LogP contribution in [0.4, 0.5) is 5.69 Å². The lowest BCUT2D eigenvalue weighted by atomic mass is 9.73. The summed E-state index contributed by atoms with van der Waals surface area (Å²) < 4.78 is 5.22. The van der Waals surface area contributed by atoms with E-state index in [1.807, 2.05) is 32.9 Å². The number of benzene rings is 1. The number of rotatable bonds is 2. The van der Waals surface area contributed by atoms with Gasteiger partial charge in [0.1, 0.15) is 0 Å². The molecule has 7 heteroatoms. The lowest BCUT2D eigenvalue weighted by Gasteiger charge is -2.31. The van der Waals surface area contributed by atoms with E-state index in [1.165, 1.54) is 0 Å². The first-order valence-electron chi connectivity index (χ1n) is 8.29. The zero-order chi connectivity index (χ0) is 17.5. The van der Waals surface area contributed by atoms with E-state index >= 15 is 0 Å². The SMILES string of the molecule is CC(C)(C)N1CC(C(=O)Nc2ccc3c(c2)B(O)OCC3)CC1=O. The highest BCUT2D eigenvalue weighted by molar-refractivity contribution is 6.61. The van der Waals surface area contributed by atoms with Gasteiger partial charge in [0.2, 0.25) is 11.8 Å². The molecule has 1 aromatic rings. The van der Waals surface area contributed by atoms with Crippen molar-refractivity contribution in [2.45, 2.75) is 39.2 Å². The van der Waals surface area contributed by atoms with Crippen molar-refractivity contribution in [1.29, 1.82) is 0 Å². The minimum atomic E-state index is -0.949. The Morgan fingerprint density at radius 1 is 1.42 bits per heavy atom. The molecule has 24 heavy (non-hydrogen) atoms. The van der Waals surface area contributed by atoms with Crippen molar-refractivity contribution in [3.8, 4) is 0 Å². The molecule has 0 aliphatic carbocycles. The topological polar surface area (TPSA) is 78.9 Å². The normalized spacial score (nSPS) is 21.0. The van der Waals surface area contributed by atoms with Gasteiger partial charge < -0.3 is 19.9 Å². The summed E-state index contributed by atoms with van der Waals surface area (Å²) in [5.74, 6) is -0.507. The highest BCUT2D eigenvalue weighted by Gasteiger charge is 2.39. The van der Waals surface area contributed by atoms with Crippen molar-refractivity contribution in [1.82, 2.24) is 4.90 Å². The Bertz CT molecular complexity index is 671. The molecule has 2 aliphatic rings. The van der Waals surface area contributed by atoms with E-state index in [2.05, 4.69) is 5.32 Å². The highest BCUT2D eigenvalue weighted by Crippen LogP contribution is 2.26. The molecule has 1 fully saturated rings. The zero-order valence-electron chi connectivity index (χ0n) is 14.3. The van der Waals surface area contributed by atoms with Crippen LogP contribution in [0, 0.1) is 5.92 Å². The number of fused-ring (bicyclic) bond motifs is 1. The molecular formula is C17H23BN2O4. The summed E-state index contributed by atoms with van der Waals surface area (Å²) in [7, 11) is -0.949. The Morgan fingerprint density at radius 2 is 2.17 bits per heavy atom. The van der Waals surface area contributed by atoms with E-state index in [0.29, 0.717) is 24.3 Å². The van der Waals surface area contributed by atoms with E-state index in [9.17, 15) is 14.6 Å². The summed E-state index contributed by atoms with van der Waals surface area (Å²) in [6.45, 7) is 6.83. The van der Waals surface area contributed by atoms with Gasteiger partial charge in [-0.25, -0.2) is 0 Å². The van der Waals surface area contributed by atoms with E-state index in [-0.39, 0.29) is 29.7 Å². The minimum absolute atomic E-state index is 0.0110. The summed E-state index contributed by atoms with van der Waals surface area (Å²) in [6, 6.07) is 5.47. The first kappa shape index (κ1) is 17.0. The van der Waals surface area contributed by atoms with Gasteiger partial charge in [-0.3, -0.25) is 9.59 Å². The molecule has 0 radical (unpaired) electrons. The monoisotopic (exact) mass is 330 g/mol. The fraction of sp³-hybridized carbons (Fsp3) is 0.529. The van der Waals surface area contributed by atoms with Crippen molar-refractivity contribution in [3.05, 3.63) is 23.8 Å². The maximum Gasteiger partial charge on any atom is 0.491 e. The van der Waals surface area contributed by atoms with Gasteiger partial charge in [0.25, 0.3) is 0 Å². The molecule has 2 aliphatic heterocycles. The Kier molecular flexibility index (Phi) is 4.40. The number of nitrogens with one attached hydrogen (secondary N) is 1. The highest BCUT2D eigenvalue weighted by atomic mass is 16.5. The van der Waals surface area contributed by atoms with Crippen LogP contribution in [0.3, 0.4) is 0 Å². The van der Waals surface area contributed by atoms with Crippen LogP contribution in [-0.2, 0) is 20.7 Å². The molecule has 0 saturated carbocycles. The average molecular weight is 330 g/mol. The Morgan fingerprint density at radius 3 is 2.83 bits per heavy atom. The fourth-order valence-electron chi connectivity index (χ4n) is 3.28. The number of carbonyl (C=O) groups excluding carboxylic acids is 2. The van der Waals surface area contributed by atoms with Gasteiger partial charge in [0.15, 0.2) is 0 Å². The Hall–Kier alpha value is -1.86. The lowest BCUT2D eigenvalue weighted by molar-refractivity contribution is -0.131. The summed E-state index contributed by atoms with van der Waals surface area (Å²) in [5.41, 5.74) is 2.06. The third-order valence-electron chi connectivity index (χ3n) is 4.63. The molecule has 1 aromatic carbocycles. The Labute approximate surface area is 142 Å². The van der Waals surface area contributed by atoms with Gasteiger partial charge in [0, 0.05) is 30.8 Å². The van der Waals surface area contributed by atoms with Crippen LogP contribution < -0.4 is 10.8 Å². The first-order valence-corrected chi connectivity index (χ1v) is 8.29. The van der Waals surface area contributed by atoms with Gasteiger partial charge >= 0.3 is 7.12 Å². The molecule has 2 amide bonds. The van der Waals surface area contributed by atoms with Gasteiger partial charge in [-0.2, -0.15) is 0 Å². The summed E-state index contributed by atoms with van der Waals surface area (Å²) in [6.07, 6.45) is 0.984. The number of hydrogen-bond acceptors (Lipinski definition) is 4. The largest absolute Gasteiger partial charge is 0.491 e. The van der Waals surface area contributed by atoms with Crippen LogP contribution in [0.25, 0.3) is 0 Å². The van der Waals surface area contributed by atoms with E-state index in [1.54, 1.807) is 11.0 Å². The third-order valence-corrected chi connectivity index (χ3v) is 4.63. The molecule has 2 heterocycles. The second-order valence-electron chi connectivity index (χ2n) is 7.45. The van der Waals surface area contributed by atoms with Gasteiger partial charge in [-0.05, 0) is 50.4 Å². The lowest BCUT2D eigenvalue weighted by Crippen LogP contribution is -2.43. The van der Waals surface area contributed by atoms with Crippen LogP contribution >= 0.6 is 0 Å². The molecule has 2 N–H and O–H groups in total. The van der Waals surface area contributed by atoms with Crippen LogP contribution in [0.5, 0.6) is 0 Å². The van der Waals surface area contributed by atoms with Crippen molar-refractivity contribution in [2.75, 3.05) is 18.5 Å². The number of hydrogen-bond donors (Lipinski definition) is 2. The third kappa shape index (κ3) is 3.32. The smallest absolute Gasteiger partial charge is 0.423 e. The standard InChI is InChI=1S/C17H23BN2O4/c1-17(2,3)20-10-12(8-15(20)21)16(22)19-13-5-4-11-6-7-24-18(23)14(11)9-13/h4-5,9,12,23H,6-8,10H2,1-3H3,(H,19,22). The molecule has 0 aromatic heterocycles. The minimum Gasteiger partial charge on any atom is -0.423 e. The number of anilines is 1. The number of likely N-dealkylation sites (tertiary alicyclic amines) is 1. The molecule has 128 valence electrons.